The van der Waals surface area contributed by atoms with E-state index in [2.05, 4.69) is 103 Å². The van der Waals surface area contributed by atoms with Crippen LogP contribution in [-0.2, 0) is 37.5 Å². The van der Waals surface area contributed by atoms with Gasteiger partial charge in [-0.15, -0.1) is 0 Å². The number of carboxylic acid groups (broad SMARTS) is 1. The lowest BCUT2D eigenvalue weighted by molar-refractivity contribution is -0.161. The fourth-order valence-corrected chi connectivity index (χ4v) is 6.37. The molecule has 4 N–H and O–H groups in total. The minimum atomic E-state index is -4.73. The van der Waals surface area contributed by atoms with Gasteiger partial charge in [0.25, 0.3) is 0 Å². The molecule has 0 aromatic heterocycles. The van der Waals surface area contributed by atoms with E-state index in [9.17, 15) is 23.8 Å². The molecule has 0 amide bonds. The van der Waals surface area contributed by atoms with Gasteiger partial charge in [0.05, 0.1) is 13.2 Å². The average Bonchev–Trinajstić information content (AvgIpc) is 3.22. The van der Waals surface area contributed by atoms with Gasteiger partial charge in [-0.1, -0.05) is 150 Å². The molecular weight excluding hydrogens is 781 g/mol. The number of rotatable bonds is 41. The Morgan fingerprint density at radius 2 is 0.933 bits per heavy atom. The van der Waals surface area contributed by atoms with Crippen LogP contribution in [0.25, 0.3) is 0 Å². The molecule has 0 aliphatic heterocycles. The molecule has 0 aliphatic rings. The zero-order chi connectivity index (χ0) is 44.2. The van der Waals surface area contributed by atoms with Gasteiger partial charge in [-0.05, 0) is 89.9 Å². The number of hydrogen-bond donors (Lipinski definition) is 3. The Hall–Kier alpha value is -3.34. The molecule has 0 radical (unpaired) electrons. The highest BCUT2D eigenvalue weighted by Crippen LogP contribution is 2.43. The number of hydrogen-bond acceptors (Lipinski definition) is 9. The van der Waals surface area contributed by atoms with Gasteiger partial charge in [-0.25, -0.2) is 4.57 Å². The summed E-state index contributed by atoms with van der Waals surface area (Å²) in [5.41, 5.74) is 5.33. The van der Waals surface area contributed by atoms with E-state index < -0.39 is 51.1 Å². The van der Waals surface area contributed by atoms with Crippen LogP contribution in [0.5, 0.6) is 0 Å². The number of unbranched alkanes of at least 4 members (excludes halogenated alkanes) is 13. The third-order valence-corrected chi connectivity index (χ3v) is 10.1. The number of carbonyl (C=O) groups is 3. The molecule has 0 bridgehead atoms. The summed E-state index contributed by atoms with van der Waals surface area (Å²) in [4.78, 5) is 46.0. The van der Waals surface area contributed by atoms with E-state index >= 15 is 0 Å². The molecule has 60 heavy (non-hydrogen) atoms. The second-order valence-electron chi connectivity index (χ2n) is 14.8. The summed E-state index contributed by atoms with van der Waals surface area (Å²) in [7, 11) is -4.73. The fourth-order valence-electron chi connectivity index (χ4n) is 5.59. The van der Waals surface area contributed by atoms with E-state index in [1.54, 1.807) is 0 Å². The highest BCUT2D eigenvalue weighted by molar-refractivity contribution is 7.47. The van der Waals surface area contributed by atoms with Gasteiger partial charge in [0.1, 0.15) is 12.6 Å². The van der Waals surface area contributed by atoms with Crippen LogP contribution < -0.4 is 5.73 Å². The van der Waals surface area contributed by atoms with E-state index in [-0.39, 0.29) is 19.4 Å². The van der Waals surface area contributed by atoms with Crippen molar-refractivity contribution in [1.82, 2.24) is 0 Å². The number of allylic oxidation sites excluding steroid dienone is 14. The highest BCUT2D eigenvalue weighted by atomic mass is 31.2. The molecule has 0 saturated carbocycles. The Bertz CT molecular complexity index is 1340. The molecule has 0 rings (SSSR count). The number of aliphatic carboxylic acids is 1. The second kappa shape index (κ2) is 42.4. The minimum Gasteiger partial charge on any atom is -0.480 e. The van der Waals surface area contributed by atoms with Gasteiger partial charge in [0.2, 0.25) is 0 Å². The topological polar surface area (TPSA) is 172 Å². The van der Waals surface area contributed by atoms with Crippen molar-refractivity contribution in [3.63, 3.8) is 0 Å². The summed E-state index contributed by atoms with van der Waals surface area (Å²) >= 11 is 0. The van der Waals surface area contributed by atoms with Crippen molar-refractivity contribution in [1.29, 1.82) is 0 Å². The number of phosphoric acid groups is 1. The molecule has 0 spiro atoms. The summed E-state index contributed by atoms with van der Waals surface area (Å²) in [6.07, 6.45) is 52.1. The normalized spacial score (nSPS) is 14.5. The van der Waals surface area contributed by atoms with E-state index in [0.29, 0.717) is 12.8 Å². The van der Waals surface area contributed by atoms with E-state index in [1.165, 1.54) is 38.5 Å². The van der Waals surface area contributed by atoms with Crippen LogP contribution in [0.15, 0.2) is 85.1 Å². The Morgan fingerprint density at radius 1 is 0.533 bits per heavy atom. The largest absolute Gasteiger partial charge is 0.480 e. The number of carboxylic acids is 1. The molecule has 3 atom stereocenters. The lowest BCUT2D eigenvalue weighted by atomic mass is 10.1. The maximum absolute atomic E-state index is 12.6. The van der Waals surface area contributed by atoms with Gasteiger partial charge in [-0.3, -0.25) is 23.4 Å². The first-order valence-electron chi connectivity index (χ1n) is 22.6. The first-order chi connectivity index (χ1) is 29.1. The quantitative estimate of drug-likeness (QED) is 0.0231. The number of phosphoric ester groups is 1. The molecule has 12 heteroatoms. The van der Waals surface area contributed by atoms with E-state index in [4.69, 9.17) is 24.8 Å². The zero-order valence-electron chi connectivity index (χ0n) is 37.0. The van der Waals surface area contributed by atoms with Crippen LogP contribution in [0.3, 0.4) is 0 Å². The van der Waals surface area contributed by atoms with Gasteiger partial charge in [0.15, 0.2) is 6.10 Å². The first kappa shape index (κ1) is 56.7. The van der Waals surface area contributed by atoms with Crippen LogP contribution in [0.1, 0.15) is 168 Å². The summed E-state index contributed by atoms with van der Waals surface area (Å²) in [5, 5.41) is 8.90. The molecule has 0 fully saturated rings. The smallest absolute Gasteiger partial charge is 0.472 e. The van der Waals surface area contributed by atoms with Crippen LogP contribution in [0, 0.1) is 0 Å². The third kappa shape index (κ3) is 41.4. The summed E-state index contributed by atoms with van der Waals surface area (Å²) in [6.45, 7) is 2.61. The Labute approximate surface area is 362 Å². The summed E-state index contributed by atoms with van der Waals surface area (Å²) in [6, 6.07) is -1.53. The number of nitrogens with two attached hydrogens (primary N) is 1. The predicted molar refractivity (Wildman–Crippen MR) is 244 cm³/mol. The predicted octanol–water partition coefficient (Wildman–Crippen LogP) is 12.3. The van der Waals surface area contributed by atoms with Crippen molar-refractivity contribution in [2.75, 3.05) is 19.8 Å². The molecule has 0 heterocycles. The maximum Gasteiger partial charge on any atom is 0.472 e. The molecule has 11 nitrogen and oxygen atoms in total. The standard InChI is InChI=1S/C48H80NO10P/c1-3-5-7-9-11-13-15-17-19-21-22-24-26-28-30-32-34-36-38-40-47(51)59-44(42-57-60(54,55)58-43-45(49)48(52)53)41-56-46(50)39-37-35-33-31-29-27-25-23-20-18-16-14-12-10-8-6-4-2/h5,7,11-14,17-20,22,24,28,30,44-45H,3-4,6,8-10,15-16,21,23,25-27,29,31-43,49H2,1-2H3,(H,52,53)(H,54,55)/b7-5-,13-11-,14-12-,19-17-,20-18-,24-22-,30-28-. The number of esters is 2. The molecule has 0 aromatic carbocycles. The first-order valence-corrected chi connectivity index (χ1v) is 24.1. The van der Waals surface area contributed by atoms with Crippen molar-refractivity contribution >= 4 is 25.7 Å². The average molecular weight is 862 g/mol. The van der Waals surface area contributed by atoms with Gasteiger partial charge >= 0.3 is 25.7 Å². The van der Waals surface area contributed by atoms with Gasteiger partial charge in [-0.2, -0.15) is 0 Å². The SMILES string of the molecule is CC/C=C\C/C=C\C/C=C\C/C=C\C/C=C\CCCCCC(=O)OC(COC(=O)CCCCCCCCC/C=C\C/C=C\CCCCC)COP(=O)(O)OCC(N)C(=O)O. The highest BCUT2D eigenvalue weighted by Gasteiger charge is 2.28. The lowest BCUT2D eigenvalue weighted by Gasteiger charge is -2.20. The van der Waals surface area contributed by atoms with Crippen molar-refractivity contribution < 1.29 is 47.5 Å². The van der Waals surface area contributed by atoms with Crippen molar-refractivity contribution in [3.8, 4) is 0 Å². The van der Waals surface area contributed by atoms with Crippen LogP contribution in [0.4, 0.5) is 0 Å². The van der Waals surface area contributed by atoms with Gasteiger partial charge < -0.3 is 25.2 Å². The summed E-state index contributed by atoms with van der Waals surface area (Å²) < 4.78 is 32.7. The monoisotopic (exact) mass is 862 g/mol. The molecule has 342 valence electrons. The Morgan fingerprint density at radius 3 is 1.42 bits per heavy atom. The van der Waals surface area contributed by atoms with Gasteiger partial charge in [0, 0.05) is 12.8 Å². The van der Waals surface area contributed by atoms with Crippen molar-refractivity contribution in [3.05, 3.63) is 85.1 Å². The molecule has 0 aliphatic carbocycles. The van der Waals surface area contributed by atoms with E-state index in [1.807, 2.05) is 0 Å². The zero-order valence-corrected chi connectivity index (χ0v) is 37.9. The van der Waals surface area contributed by atoms with Crippen molar-refractivity contribution in [2.45, 2.75) is 180 Å². The molecule has 0 saturated heterocycles. The molecule has 3 unspecified atom stereocenters. The minimum absolute atomic E-state index is 0.115. The molecular formula is C48H80NO10P. The second-order valence-corrected chi connectivity index (χ2v) is 16.2. The third-order valence-electron chi connectivity index (χ3n) is 9.13. The lowest BCUT2D eigenvalue weighted by Crippen LogP contribution is -2.34. The maximum atomic E-state index is 12.6. The van der Waals surface area contributed by atoms with E-state index in [0.717, 1.165) is 89.9 Å². The fraction of sp³-hybridized carbons (Fsp3) is 0.646. The Balaban J connectivity index is 4.44. The van der Waals surface area contributed by atoms with Crippen LogP contribution >= 0.6 is 7.82 Å². The summed E-state index contributed by atoms with van der Waals surface area (Å²) in [5.74, 6) is -2.44. The molecule has 0 aromatic rings. The van der Waals surface area contributed by atoms with Crippen LogP contribution in [-0.4, -0.2) is 59.9 Å². The van der Waals surface area contributed by atoms with Crippen molar-refractivity contribution in [2.24, 2.45) is 5.73 Å². The number of carbonyl (C=O) groups excluding carboxylic acids is 2. The van der Waals surface area contributed by atoms with Crippen LogP contribution in [0.2, 0.25) is 0 Å². The Kier molecular flexibility index (Phi) is 40.0. The number of ether oxygens (including phenoxy) is 2.